The summed E-state index contributed by atoms with van der Waals surface area (Å²) in [5.41, 5.74) is 0. The monoisotopic (exact) mass is 302 g/mol. The van der Waals surface area contributed by atoms with Gasteiger partial charge in [-0.25, -0.2) is 0 Å². The predicted molar refractivity (Wildman–Crippen MR) is 62.4 cm³/mol. The average Bonchev–Trinajstić information content (AvgIpc) is 2.64. The molecule has 2 heterocycles. The van der Waals surface area contributed by atoms with Crippen molar-refractivity contribution in [2.75, 3.05) is 6.61 Å². The SMILES string of the molecule is O=C(O)C1CC(C(=O)O)C2OCC1C(C(=O)O)C2C(=O)O. The van der Waals surface area contributed by atoms with Crippen LogP contribution < -0.4 is 0 Å². The second-order valence-electron chi connectivity index (χ2n) is 5.32. The van der Waals surface area contributed by atoms with Crippen LogP contribution in [0.1, 0.15) is 6.42 Å². The minimum atomic E-state index is -1.58. The molecule has 9 heteroatoms. The van der Waals surface area contributed by atoms with Crippen LogP contribution in [0, 0.1) is 29.6 Å². The summed E-state index contributed by atoms with van der Waals surface area (Å²) in [5, 5.41) is 36.9. The number of rotatable bonds is 4. The number of carboxylic acid groups (broad SMARTS) is 4. The molecule has 2 aliphatic heterocycles. The quantitative estimate of drug-likeness (QED) is 0.521. The van der Waals surface area contributed by atoms with Crippen LogP contribution >= 0.6 is 0 Å². The second-order valence-corrected chi connectivity index (χ2v) is 5.32. The highest BCUT2D eigenvalue weighted by atomic mass is 16.5. The lowest BCUT2D eigenvalue weighted by Gasteiger charge is -2.37. The first-order chi connectivity index (χ1) is 9.75. The fourth-order valence-electron chi connectivity index (χ4n) is 3.37. The summed E-state index contributed by atoms with van der Waals surface area (Å²) >= 11 is 0. The van der Waals surface area contributed by atoms with Gasteiger partial charge in [0.25, 0.3) is 0 Å². The van der Waals surface area contributed by atoms with Gasteiger partial charge >= 0.3 is 23.9 Å². The third-order valence-electron chi connectivity index (χ3n) is 4.31. The number of hydrogen-bond donors (Lipinski definition) is 4. The Morgan fingerprint density at radius 1 is 0.762 bits per heavy atom. The summed E-state index contributed by atoms with van der Waals surface area (Å²) in [6.45, 7) is -0.272. The van der Waals surface area contributed by atoms with Crippen molar-refractivity contribution in [1.29, 1.82) is 0 Å². The van der Waals surface area contributed by atoms with Crippen LogP contribution in [0.25, 0.3) is 0 Å². The highest BCUT2D eigenvalue weighted by Gasteiger charge is 2.59. The van der Waals surface area contributed by atoms with Gasteiger partial charge in [-0.2, -0.15) is 0 Å². The van der Waals surface area contributed by atoms with Crippen LogP contribution in [0.3, 0.4) is 0 Å². The summed E-state index contributed by atoms with van der Waals surface area (Å²) in [6.07, 6.45) is -1.69. The van der Waals surface area contributed by atoms with E-state index in [1.807, 2.05) is 0 Å². The maximum Gasteiger partial charge on any atom is 0.310 e. The molecule has 0 aromatic heterocycles. The maximum absolute atomic E-state index is 11.4. The van der Waals surface area contributed by atoms with E-state index in [2.05, 4.69) is 0 Å². The van der Waals surface area contributed by atoms with E-state index in [0.717, 1.165) is 0 Å². The molecule has 0 aromatic carbocycles. The van der Waals surface area contributed by atoms with Crippen molar-refractivity contribution < 1.29 is 44.3 Å². The van der Waals surface area contributed by atoms with Crippen molar-refractivity contribution in [3.05, 3.63) is 0 Å². The number of hydrogen-bond acceptors (Lipinski definition) is 5. The van der Waals surface area contributed by atoms with Gasteiger partial charge in [-0.15, -0.1) is 0 Å². The van der Waals surface area contributed by atoms with E-state index in [0.29, 0.717) is 0 Å². The molecule has 3 fully saturated rings. The van der Waals surface area contributed by atoms with Gasteiger partial charge in [0, 0.05) is 5.92 Å². The lowest BCUT2D eigenvalue weighted by atomic mass is 9.74. The van der Waals surface area contributed by atoms with E-state index in [4.69, 9.17) is 4.74 Å². The average molecular weight is 302 g/mol. The Kier molecular flexibility index (Phi) is 3.86. The Morgan fingerprint density at radius 2 is 1.29 bits per heavy atom. The molecule has 3 aliphatic rings. The lowest BCUT2D eigenvalue weighted by Crippen LogP contribution is -2.51. The number of carbonyl (C=O) groups is 4. The largest absolute Gasteiger partial charge is 0.481 e. The Hall–Kier alpha value is -2.16. The van der Waals surface area contributed by atoms with Crippen LogP contribution in [0.15, 0.2) is 0 Å². The van der Waals surface area contributed by atoms with Gasteiger partial charge in [-0.05, 0) is 6.42 Å². The van der Waals surface area contributed by atoms with Gasteiger partial charge in [0.2, 0.25) is 0 Å². The van der Waals surface area contributed by atoms with Gasteiger partial charge in [0.15, 0.2) is 0 Å². The maximum atomic E-state index is 11.4. The Balaban J connectivity index is 2.54. The van der Waals surface area contributed by atoms with Crippen molar-refractivity contribution in [3.63, 3.8) is 0 Å². The molecule has 9 nitrogen and oxygen atoms in total. The summed E-state index contributed by atoms with van der Waals surface area (Å²) < 4.78 is 5.22. The van der Waals surface area contributed by atoms with Crippen molar-refractivity contribution in [2.45, 2.75) is 12.5 Å². The van der Waals surface area contributed by atoms with Crippen molar-refractivity contribution in [2.24, 2.45) is 29.6 Å². The minimum absolute atomic E-state index is 0.272. The Morgan fingerprint density at radius 3 is 1.71 bits per heavy atom. The lowest BCUT2D eigenvalue weighted by molar-refractivity contribution is -0.182. The van der Waals surface area contributed by atoms with E-state index < -0.39 is 59.6 Å². The number of ether oxygens (including phenoxy) is 1. The van der Waals surface area contributed by atoms with E-state index in [-0.39, 0.29) is 13.0 Å². The summed E-state index contributed by atoms with van der Waals surface area (Å²) in [6, 6.07) is 0. The fraction of sp³-hybridized carbons (Fsp3) is 0.667. The van der Waals surface area contributed by atoms with Gasteiger partial charge in [-0.3, -0.25) is 19.2 Å². The van der Waals surface area contributed by atoms with Crippen LogP contribution in [0.5, 0.6) is 0 Å². The highest BCUT2D eigenvalue weighted by Crippen LogP contribution is 2.46. The molecule has 0 radical (unpaired) electrons. The van der Waals surface area contributed by atoms with Crippen LogP contribution in [-0.2, 0) is 23.9 Å². The Bertz CT molecular complexity index is 455. The minimum Gasteiger partial charge on any atom is -0.481 e. The van der Waals surface area contributed by atoms with E-state index in [1.54, 1.807) is 0 Å². The van der Waals surface area contributed by atoms with Crippen molar-refractivity contribution in [1.82, 2.24) is 0 Å². The number of carboxylic acids is 4. The zero-order valence-corrected chi connectivity index (χ0v) is 10.7. The molecule has 4 N–H and O–H groups in total. The molecule has 0 spiro atoms. The van der Waals surface area contributed by atoms with Crippen LogP contribution in [0.2, 0.25) is 0 Å². The van der Waals surface area contributed by atoms with Gasteiger partial charge < -0.3 is 25.2 Å². The molecular formula is C12H14O9. The zero-order valence-electron chi connectivity index (χ0n) is 10.7. The third-order valence-corrected chi connectivity index (χ3v) is 4.31. The normalized spacial score (nSPS) is 38.5. The first-order valence-electron chi connectivity index (χ1n) is 6.28. The molecule has 0 amide bonds. The molecule has 6 unspecified atom stereocenters. The summed E-state index contributed by atoms with van der Waals surface area (Å²) in [4.78, 5) is 45.4. The Labute approximate surface area is 118 Å². The number of fused-ring (bicyclic) bond motifs is 4. The fourth-order valence-corrected chi connectivity index (χ4v) is 3.37. The molecule has 3 rings (SSSR count). The summed E-state index contributed by atoms with van der Waals surface area (Å²) in [7, 11) is 0. The molecule has 1 aliphatic carbocycles. The van der Waals surface area contributed by atoms with E-state index >= 15 is 0 Å². The molecule has 21 heavy (non-hydrogen) atoms. The predicted octanol–water partition coefficient (Wildman–Crippen LogP) is -0.792. The topological polar surface area (TPSA) is 158 Å². The first kappa shape index (κ1) is 15.2. The molecule has 1 saturated carbocycles. The molecule has 6 atom stereocenters. The first-order valence-corrected chi connectivity index (χ1v) is 6.28. The molecule has 2 saturated heterocycles. The summed E-state index contributed by atoms with van der Waals surface area (Å²) in [5.74, 6) is -12.4. The van der Waals surface area contributed by atoms with Gasteiger partial charge in [-0.1, -0.05) is 0 Å². The van der Waals surface area contributed by atoms with Gasteiger partial charge in [0.05, 0.1) is 36.4 Å². The third kappa shape index (κ3) is 2.44. The van der Waals surface area contributed by atoms with E-state index in [1.165, 1.54) is 0 Å². The zero-order chi connectivity index (χ0) is 15.9. The number of aliphatic carboxylic acids is 4. The second kappa shape index (κ2) is 5.32. The van der Waals surface area contributed by atoms with Crippen molar-refractivity contribution in [3.8, 4) is 0 Å². The highest BCUT2D eigenvalue weighted by molar-refractivity contribution is 5.84. The smallest absolute Gasteiger partial charge is 0.310 e. The van der Waals surface area contributed by atoms with Gasteiger partial charge in [0.1, 0.15) is 0 Å². The molecule has 0 aromatic rings. The van der Waals surface area contributed by atoms with Crippen LogP contribution in [0.4, 0.5) is 0 Å². The molecule has 2 bridgehead atoms. The standard InChI is InChI=1S/C12H14O9/c13-9(14)3-1-4(10(15)16)8-7(12(19)20)6(11(17)18)5(3)2-21-8/h3-8H,1-2H2,(H,13,14)(H,15,16)(H,17,18)(H,19,20). The van der Waals surface area contributed by atoms with Crippen molar-refractivity contribution >= 4 is 23.9 Å². The molecule has 116 valence electrons. The molecular weight excluding hydrogens is 288 g/mol. The van der Waals surface area contributed by atoms with E-state index in [9.17, 15) is 39.6 Å². The van der Waals surface area contributed by atoms with Crippen LogP contribution in [-0.4, -0.2) is 57.0 Å².